The molecule has 5 heterocycles. The monoisotopic (exact) mass is 1130 g/mol. The van der Waals surface area contributed by atoms with Crippen molar-refractivity contribution in [3.05, 3.63) is 264 Å². The fraction of sp³-hybridized carbons (Fsp3) is 0.312. The summed E-state index contributed by atoms with van der Waals surface area (Å²) in [7, 11) is 10.7. The van der Waals surface area contributed by atoms with Gasteiger partial charge in [0.05, 0.1) is 11.1 Å². The van der Waals surface area contributed by atoms with E-state index in [1.165, 1.54) is 168 Å². The van der Waals surface area contributed by atoms with Crippen molar-refractivity contribution >= 4 is 0 Å². The number of hydrogen-bond acceptors (Lipinski definition) is 0. The minimum atomic E-state index is 1.29. The number of aromatic nitrogens is 5. The average Bonchev–Trinajstić information content (AvgIpc) is 2.57. The van der Waals surface area contributed by atoms with Gasteiger partial charge in [-0.3, -0.25) is 0 Å². The largest absolute Gasteiger partial charge is 0.215 e. The minimum Gasteiger partial charge on any atom is -0.199 e. The number of benzene rings is 5. The Morgan fingerprint density at radius 3 is 0.859 bits per heavy atom. The van der Waals surface area contributed by atoms with Crippen LogP contribution in [0.25, 0.3) is 56.3 Å². The third-order valence-electron chi connectivity index (χ3n) is 17.5. The molecule has 5 heteroatoms. The molecule has 0 radical (unpaired) electrons. The van der Waals surface area contributed by atoms with Gasteiger partial charge in [-0.05, 0) is 189 Å². The van der Waals surface area contributed by atoms with E-state index in [9.17, 15) is 0 Å². The first-order valence-corrected chi connectivity index (χ1v) is 30.2. The molecule has 0 amide bonds. The smallest absolute Gasteiger partial charge is 0.199 e. The van der Waals surface area contributed by atoms with Gasteiger partial charge in [0.1, 0.15) is 35.2 Å². The van der Waals surface area contributed by atoms with Crippen LogP contribution in [0.1, 0.15) is 112 Å². The molecular weight excluding hydrogens is 1030 g/mol. The first kappa shape index (κ1) is 66.0. The highest BCUT2D eigenvalue weighted by Crippen LogP contribution is 2.30. The average molecular weight is 1130 g/mol. The molecule has 5 aromatic carbocycles. The molecule has 10 rings (SSSR count). The summed E-state index contributed by atoms with van der Waals surface area (Å²) < 4.78 is 11.4. The van der Waals surface area contributed by atoms with Crippen molar-refractivity contribution < 1.29 is 22.8 Å². The zero-order chi connectivity index (χ0) is 62.9. The Labute approximate surface area is 513 Å². The summed E-state index contributed by atoms with van der Waals surface area (Å²) in [5, 5.41) is 0. The summed E-state index contributed by atoms with van der Waals surface area (Å²) in [5.74, 6) is 0. The molecule has 85 heavy (non-hydrogen) atoms. The Balaban J connectivity index is 0.000000170. The molecule has 0 spiro atoms. The van der Waals surface area contributed by atoms with E-state index in [2.05, 4.69) is 348 Å². The fourth-order valence-electron chi connectivity index (χ4n) is 11.8. The molecule has 5 aromatic heterocycles. The summed E-state index contributed by atoms with van der Waals surface area (Å²) in [6.45, 7) is 43.4. The van der Waals surface area contributed by atoms with E-state index in [4.69, 9.17) is 0 Å². The van der Waals surface area contributed by atoms with E-state index in [1.54, 1.807) is 0 Å². The van der Waals surface area contributed by atoms with Crippen molar-refractivity contribution in [3.8, 4) is 56.3 Å². The lowest BCUT2D eigenvalue weighted by Gasteiger charge is -2.10. The predicted molar refractivity (Wildman–Crippen MR) is 360 cm³/mol. The second kappa shape index (κ2) is 28.6. The second-order valence-electron chi connectivity index (χ2n) is 24.3. The lowest BCUT2D eigenvalue weighted by Crippen LogP contribution is -2.36. The Bertz CT molecular complexity index is 3760. The van der Waals surface area contributed by atoms with E-state index in [-0.39, 0.29) is 0 Å². The highest BCUT2D eigenvalue weighted by Gasteiger charge is 2.23. The minimum absolute atomic E-state index is 1.29. The quantitative estimate of drug-likeness (QED) is 0.153. The predicted octanol–water partition coefficient (Wildman–Crippen LogP) is 17.1. The summed E-state index contributed by atoms with van der Waals surface area (Å²) in [6, 6.07) is 54.7. The molecule has 0 aliphatic carbocycles. The van der Waals surface area contributed by atoms with Crippen LogP contribution < -0.4 is 22.8 Å². The van der Waals surface area contributed by atoms with Gasteiger partial charge in [0.15, 0.2) is 28.5 Å². The Morgan fingerprint density at radius 2 is 0.506 bits per heavy atom. The molecule has 0 aliphatic heterocycles. The summed E-state index contributed by atoms with van der Waals surface area (Å²) in [6.07, 6.45) is 0. The van der Waals surface area contributed by atoms with E-state index >= 15 is 0 Å². The van der Waals surface area contributed by atoms with Crippen molar-refractivity contribution in [1.29, 1.82) is 0 Å². The number of aryl methyl sites for hydroxylation is 18. The van der Waals surface area contributed by atoms with Gasteiger partial charge in [0, 0.05) is 111 Å². The first-order chi connectivity index (χ1) is 40.0. The number of hydrogen-bond donors (Lipinski definition) is 0. The highest BCUT2D eigenvalue weighted by atomic mass is 15.0. The van der Waals surface area contributed by atoms with Gasteiger partial charge in [0.25, 0.3) is 0 Å². The molecule has 10 aromatic rings. The topological polar surface area (TPSA) is 19.4 Å². The standard InChI is InChI=1S/5C16H20N/c1-11-6-7-13(3)15(9-11)16-10-12(2)8-14(4)17(16)5;2*1-11-9-14(4)17(5)15(10-11)16-12(2)7-6-8-13(16)3;2*1-11-8-6-7-9-15(11)16-14(4)12(2)10-13(3)17(16)5/h5*6-10H,1-5H3/q5*+1. The van der Waals surface area contributed by atoms with Gasteiger partial charge in [-0.25, -0.2) is 0 Å². The van der Waals surface area contributed by atoms with Gasteiger partial charge < -0.3 is 0 Å². The van der Waals surface area contributed by atoms with E-state index < -0.39 is 0 Å². The normalized spacial score (nSPS) is 10.6. The number of nitrogens with zero attached hydrogens (tertiary/aromatic N) is 5. The van der Waals surface area contributed by atoms with Crippen molar-refractivity contribution in [2.24, 2.45) is 35.2 Å². The molecule has 0 aliphatic rings. The van der Waals surface area contributed by atoms with Crippen LogP contribution in [0.15, 0.2) is 152 Å². The van der Waals surface area contributed by atoms with Crippen LogP contribution in [0.2, 0.25) is 0 Å². The molecule has 0 bridgehead atoms. The maximum atomic E-state index is 2.28. The molecule has 0 fully saturated rings. The van der Waals surface area contributed by atoms with Crippen LogP contribution in [0.3, 0.4) is 0 Å². The SMILES string of the molecule is Cc1cc(C)[n+](C)c(-c2c(C)cccc2C)c1.Cc1cc(C)[n+](C)c(-c2c(C)cccc2C)c1.Cc1ccc(C)c(-c2cc(C)cc(C)[n+]2C)c1.Cc1ccccc1-c1c(C)c(C)cc(C)[n+]1C.Cc1ccccc1-c1c(C)c(C)cc(C)[n+]1C. The zero-order valence-electron chi connectivity index (χ0n) is 56.7. The lowest BCUT2D eigenvalue weighted by molar-refractivity contribution is -0.667. The maximum Gasteiger partial charge on any atom is 0.215 e. The second-order valence-corrected chi connectivity index (χ2v) is 24.3. The molecule has 0 atom stereocenters. The van der Waals surface area contributed by atoms with Gasteiger partial charge >= 0.3 is 0 Å². The van der Waals surface area contributed by atoms with Gasteiger partial charge in [-0.15, -0.1) is 0 Å². The zero-order valence-corrected chi connectivity index (χ0v) is 56.7. The first-order valence-electron chi connectivity index (χ1n) is 30.2. The number of pyridine rings is 5. The summed E-state index contributed by atoms with van der Waals surface area (Å²) in [5.41, 5.74) is 39.8. The van der Waals surface area contributed by atoms with Crippen LogP contribution >= 0.6 is 0 Å². The highest BCUT2D eigenvalue weighted by molar-refractivity contribution is 5.69. The van der Waals surface area contributed by atoms with Crippen LogP contribution in [-0.2, 0) is 35.2 Å². The fourth-order valence-corrected chi connectivity index (χ4v) is 11.8. The van der Waals surface area contributed by atoms with E-state index in [0.29, 0.717) is 0 Å². The summed E-state index contributed by atoms with van der Waals surface area (Å²) >= 11 is 0. The summed E-state index contributed by atoms with van der Waals surface area (Å²) in [4.78, 5) is 0. The Morgan fingerprint density at radius 1 is 0.212 bits per heavy atom. The van der Waals surface area contributed by atoms with Crippen molar-refractivity contribution in [2.45, 2.75) is 138 Å². The van der Waals surface area contributed by atoms with E-state index in [1.807, 2.05) is 0 Å². The van der Waals surface area contributed by atoms with Crippen molar-refractivity contribution in [1.82, 2.24) is 0 Å². The van der Waals surface area contributed by atoms with Crippen molar-refractivity contribution in [2.75, 3.05) is 0 Å². The molecular formula is C80H100N5+5. The van der Waals surface area contributed by atoms with Crippen LogP contribution in [0, 0.1) is 138 Å². The lowest BCUT2D eigenvalue weighted by atomic mass is 9.98. The molecule has 0 saturated heterocycles. The molecule has 0 N–H and O–H groups in total. The van der Waals surface area contributed by atoms with Crippen LogP contribution in [0.5, 0.6) is 0 Å². The van der Waals surface area contributed by atoms with Crippen molar-refractivity contribution in [3.63, 3.8) is 0 Å². The Hall–Kier alpha value is -8.15. The third-order valence-corrected chi connectivity index (χ3v) is 17.5. The maximum absolute atomic E-state index is 2.28. The third kappa shape index (κ3) is 15.6. The number of rotatable bonds is 5. The Kier molecular flexibility index (Phi) is 22.2. The molecule has 0 saturated carbocycles. The molecule has 440 valence electrons. The van der Waals surface area contributed by atoms with Gasteiger partial charge in [0.2, 0.25) is 28.5 Å². The molecule has 5 nitrogen and oxygen atoms in total. The molecule has 0 unspecified atom stereocenters. The van der Waals surface area contributed by atoms with Gasteiger partial charge in [-0.1, -0.05) is 90.5 Å². The van der Waals surface area contributed by atoms with Crippen LogP contribution in [0.4, 0.5) is 0 Å². The van der Waals surface area contributed by atoms with Crippen LogP contribution in [-0.4, -0.2) is 0 Å². The van der Waals surface area contributed by atoms with E-state index in [0.717, 1.165) is 0 Å². The van der Waals surface area contributed by atoms with Gasteiger partial charge in [-0.2, -0.15) is 22.8 Å².